The number of hydrogen-bond donors (Lipinski definition) is 0. The molecule has 1 aromatic carbocycles. The molecule has 0 N–H and O–H groups in total. The van der Waals surface area contributed by atoms with Crippen molar-refractivity contribution in [3.8, 4) is 5.75 Å². The van der Waals surface area contributed by atoms with Crippen molar-refractivity contribution < 1.29 is 14.3 Å². The standard InChI is InChI=1S/C18H18ClNO3/c1-12(13-7-9-20-10-8-13)22-18(21)16-6-5-15(11-17(16)19)23-14-3-2-4-14/h5-12,14H,2-4H2,1H3. The quantitative estimate of drug-likeness (QED) is 0.752. The van der Waals surface area contributed by atoms with Gasteiger partial charge in [-0.15, -0.1) is 0 Å². The number of esters is 1. The molecular formula is C18H18ClNO3. The molecule has 1 aliphatic rings. The van der Waals surface area contributed by atoms with Gasteiger partial charge in [-0.1, -0.05) is 11.6 Å². The summed E-state index contributed by atoms with van der Waals surface area (Å²) in [5.41, 5.74) is 1.22. The smallest absolute Gasteiger partial charge is 0.340 e. The molecule has 0 saturated heterocycles. The molecule has 0 aliphatic heterocycles. The summed E-state index contributed by atoms with van der Waals surface area (Å²) in [6.45, 7) is 1.81. The van der Waals surface area contributed by atoms with E-state index in [1.807, 2.05) is 19.1 Å². The first kappa shape index (κ1) is 15.8. The van der Waals surface area contributed by atoms with Crippen LogP contribution in [-0.4, -0.2) is 17.1 Å². The number of benzene rings is 1. The molecule has 1 atom stereocenters. The fourth-order valence-electron chi connectivity index (χ4n) is 2.34. The highest BCUT2D eigenvalue weighted by atomic mass is 35.5. The SMILES string of the molecule is CC(OC(=O)c1ccc(OC2CCC2)cc1Cl)c1ccncc1. The van der Waals surface area contributed by atoms with Crippen molar-refractivity contribution >= 4 is 17.6 Å². The van der Waals surface area contributed by atoms with Gasteiger partial charge in [0, 0.05) is 12.4 Å². The maximum atomic E-state index is 12.3. The van der Waals surface area contributed by atoms with Gasteiger partial charge in [0.05, 0.1) is 16.7 Å². The van der Waals surface area contributed by atoms with Crippen LogP contribution in [0.4, 0.5) is 0 Å². The van der Waals surface area contributed by atoms with Crippen LogP contribution in [-0.2, 0) is 4.74 Å². The van der Waals surface area contributed by atoms with E-state index in [-0.39, 0.29) is 12.2 Å². The molecule has 5 heteroatoms. The predicted molar refractivity (Wildman–Crippen MR) is 87.8 cm³/mol. The van der Waals surface area contributed by atoms with E-state index >= 15 is 0 Å². The van der Waals surface area contributed by atoms with Crippen LogP contribution >= 0.6 is 11.6 Å². The normalized spacial score (nSPS) is 15.6. The molecule has 3 rings (SSSR count). The minimum absolute atomic E-state index is 0.274. The van der Waals surface area contributed by atoms with Crippen LogP contribution in [0.2, 0.25) is 5.02 Å². The van der Waals surface area contributed by atoms with Crippen LogP contribution in [0, 0.1) is 0 Å². The Bertz CT molecular complexity index is 686. The van der Waals surface area contributed by atoms with Crippen molar-refractivity contribution in [3.05, 3.63) is 58.9 Å². The Balaban J connectivity index is 1.67. The highest BCUT2D eigenvalue weighted by Crippen LogP contribution is 2.29. The number of nitrogens with zero attached hydrogens (tertiary/aromatic N) is 1. The van der Waals surface area contributed by atoms with E-state index < -0.39 is 5.97 Å². The lowest BCUT2D eigenvalue weighted by Gasteiger charge is -2.26. The van der Waals surface area contributed by atoms with Gasteiger partial charge in [0.25, 0.3) is 0 Å². The van der Waals surface area contributed by atoms with E-state index in [0.29, 0.717) is 16.3 Å². The van der Waals surface area contributed by atoms with Gasteiger partial charge in [0.2, 0.25) is 0 Å². The van der Waals surface area contributed by atoms with Gasteiger partial charge >= 0.3 is 5.97 Å². The topological polar surface area (TPSA) is 48.4 Å². The van der Waals surface area contributed by atoms with E-state index in [0.717, 1.165) is 18.4 Å². The number of halogens is 1. The summed E-state index contributed by atoms with van der Waals surface area (Å²) in [5.74, 6) is 0.243. The van der Waals surface area contributed by atoms with Gasteiger partial charge in [-0.2, -0.15) is 0 Å². The van der Waals surface area contributed by atoms with Crippen molar-refractivity contribution in [1.29, 1.82) is 0 Å². The first-order chi connectivity index (χ1) is 11.1. The molecule has 120 valence electrons. The Morgan fingerprint density at radius 1 is 1.26 bits per heavy atom. The average molecular weight is 332 g/mol. The van der Waals surface area contributed by atoms with Gasteiger partial charge in [-0.05, 0) is 62.1 Å². The van der Waals surface area contributed by atoms with Crippen molar-refractivity contribution in [2.24, 2.45) is 0 Å². The molecule has 2 aromatic rings. The monoisotopic (exact) mass is 331 g/mol. The Kier molecular flexibility index (Phi) is 4.82. The first-order valence-corrected chi connectivity index (χ1v) is 8.08. The summed E-state index contributed by atoms with van der Waals surface area (Å²) in [5, 5.41) is 0.341. The zero-order valence-electron chi connectivity index (χ0n) is 12.9. The Morgan fingerprint density at radius 2 is 2.00 bits per heavy atom. The third-order valence-electron chi connectivity index (χ3n) is 3.97. The molecule has 0 spiro atoms. The molecule has 1 heterocycles. The van der Waals surface area contributed by atoms with Crippen LogP contribution in [0.25, 0.3) is 0 Å². The Morgan fingerprint density at radius 3 is 2.61 bits per heavy atom. The van der Waals surface area contributed by atoms with Crippen LogP contribution in [0.5, 0.6) is 5.75 Å². The highest BCUT2D eigenvalue weighted by Gasteiger charge is 2.21. The van der Waals surface area contributed by atoms with Gasteiger partial charge in [0.15, 0.2) is 0 Å². The van der Waals surface area contributed by atoms with Gasteiger partial charge in [-0.25, -0.2) is 4.79 Å². The highest BCUT2D eigenvalue weighted by molar-refractivity contribution is 6.33. The summed E-state index contributed by atoms with van der Waals surface area (Å²) in [4.78, 5) is 16.2. The van der Waals surface area contributed by atoms with Gasteiger partial charge in [0.1, 0.15) is 11.9 Å². The molecule has 1 aromatic heterocycles. The molecule has 1 aliphatic carbocycles. The lowest BCUT2D eigenvalue weighted by molar-refractivity contribution is 0.0338. The summed E-state index contributed by atoms with van der Waals surface area (Å²) in [7, 11) is 0. The van der Waals surface area contributed by atoms with Crippen LogP contribution in [0.15, 0.2) is 42.7 Å². The number of carbonyl (C=O) groups excluding carboxylic acids is 1. The minimum Gasteiger partial charge on any atom is -0.490 e. The fraction of sp³-hybridized carbons (Fsp3) is 0.333. The second-order valence-corrected chi connectivity index (χ2v) is 6.05. The summed E-state index contributed by atoms with van der Waals surface area (Å²) < 4.78 is 11.2. The largest absolute Gasteiger partial charge is 0.490 e. The molecule has 0 amide bonds. The first-order valence-electron chi connectivity index (χ1n) is 7.70. The Labute approximate surface area is 140 Å². The molecule has 0 bridgehead atoms. The summed E-state index contributed by atoms with van der Waals surface area (Å²) in [6, 6.07) is 8.72. The molecule has 1 saturated carbocycles. The molecule has 1 unspecified atom stereocenters. The molecule has 1 fully saturated rings. The van der Waals surface area contributed by atoms with E-state index in [1.165, 1.54) is 6.42 Å². The van der Waals surface area contributed by atoms with Crippen LogP contribution in [0.3, 0.4) is 0 Å². The van der Waals surface area contributed by atoms with Crippen molar-refractivity contribution in [3.63, 3.8) is 0 Å². The maximum Gasteiger partial charge on any atom is 0.340 e. The maximum absolute atomic E-state index is 12.3. The van der Waals surface area contributed by atoms with Crippen molar-refractivity contribution in [2.75, 3.05) is 0 Å². The zero-order valence-corrected chi connectivity index (χ0v) is 13.6. The minimum atomic E-state index is -0.450. The van der Waals surface area contributed by atoms with Gasteiger partial charge < -0.3 is 9.47 Å². The number of hydrogen-bond acceptors (Lipinski definition) is 4. The zero-order chi connectivity index (χ0) is 16.2. The third-order valence-corrected chi connectivity index (χ3v) is 4.29. The number of ether oxygens (including phenoxy) is 2. The van der Waals surface area contributed by atoms with E-state index in [9.17, 15) is 4.79 Å². The van der Waals surface area contributed by atoms with Gasteiger partial charge in [-0.3, -0.25) is 4.98 Å². The van der Waals surface area contributed by atoms with Crippen molar-refractivity contribution in [2.45, 2.75) is 38.4 Å². The molecule has 23 heavy (non-hydrogen) atoms. The fourth-order valence-corrected chi connectivity index (χ4v) is 2.59. The molecular weight excluding hydrogens is 314 g/mol. The average Bonchev–Trinajstić information content (AvgIpc) is 2.51. The second-order valence-electron chi connectivity index (χ2n) is 5.64. The van der Waals surface area contributed by atoms with E-state index in [4.69, 9.17) is 21.1 Å². The number of aromatic nitrogens is 1. The Hall–Kier alpha value is -2.07. The molecule has 4 nitrogen and oxygen atoms in total. The molecule has 0 radical (unpaired) electrons. The second kappa shape index (κ2) is 7.01. The third kappa shape index (κ3) is 3.82. The van der Waals surface area contributed by atoms with Crippen LogP contribution in [0.1, 0.15) is 48.2 Å². The predicted octanol–water partition coefficient (Wildman–Crippen LogP) is 4.58. The lowest BCUT2D eigenvalue weighted by atomic mass is 9.96. The lowest BCUT2D eigenvalue weighted by Crippen LogP contribution is -2.24. The summed E-state index contributed by atoms with van der Waals surface area (Å²) >= 11 is 6.21. The number of carbonyl (C=O) groups is 1. The number of rotatable bonds is 5. The van der Waals surface area contributed by atoms with Crippen LogP contribution < -0.4 is 4.74 Å². The number of pyridine rings is 1. The van der Waals surface area contributed by atoms with E-state index in [2.05, 4.69) is 4.98 Å². The van der Waals surface area contributed by atoms with Crippen molar-refractivity contribution in [1.82, 2.24) is 4.98 Å². The summed E-state index contributed by atoms with van der Waals surface area (Å²) in [6.07, 6.45) is 6.59. The van der Waals surface area contributed by atoms with E-state index in [1.54, 1.807) is 30.6 Å².